The van der Waals surface area contributed by atoms with E-state index in [9.17, 15) is 13.6 Å². The molecule has 1 atom stereocenters. The van der Waals surface area contributed by atoms with Crippen LogP contribution >= 0.6 is 11.6 Å². The highest BCUT2D eigenvalue weighted by Gasteiger charge is 2.42. The molecule has 2 amide bonds. The molecule has 1 aromatic carbocycles. The summed E-state index contributed by atoms with van der Waals surface area (Å²) in [5.74, 6) is -0.122. The van der Waals surface area contributed by atoms with Crippen molar-refractivity contribution in [2.75, 3.05) is 31.6 Å². The highest BCUT2D eigenvalue weighted by Crippen LogP contribution is 2.38. The van der Waals surface area contributed by atoms with E-state index >= 15 is 0 Å². The number of nitrogens with one attached hydrogen (secondary N) is 1. The van der Waals surface area contributed by atoms with E-state index in [1.54, 1.807) is 4.90 Å². The molecule has 1 spiro atoms. The lowest BCUT2D eigenvalue weighted by Crippen LogP contribution is -2.35. The SMILES string of the molecule is O=C(Nc1ccc(OC(F)F)c(Cl)c1)N1CC[C@]2(CCOC2)C1. The van der Waals surface area contributed by atoms with Gasteiger partial charge < -0.3 is 19.7 Å². The van der Waals surface area contributed by atoms with Gasteiger partial charge in [0.25, 0.3) is 0 Å². The summed E-state index contributed by atoms with van der Waals surface area (Å²) in [5, 5.41) is 2.75. The second-order valence-corrected chi connectivity index (χ2v) is 6.34. The first kappa shape index (κ1) is 16.3. The Kier molecular flexibility index (Phi) is 4.59. The van der Waals surface area contributed by atoms with E-state index in [0.717, 1.165) is 19.4 Å². The zero-order valence-electron chi connectivity index (χ0n) is 12.4. The molecular weight excluding hydrogens is 330 g/mol. The molecule has 0 aliphatic carbocycles. The minimum absolute atomic E-state index is 0.0187. The number of rotatable bonds is 3. The molecule has 0 radical (unpaired) electrons. The lowest BCUT2D eigenvalue weighted by Gasteiger charge is -2.22. The topological polar surface area (TPSA) is 50.8 Å². The van der Waals surface area contributed by atoms with Gasteiger partial charge in [-0.3, -0.25) is 0 Å². The van der Waals surface area contributed by atoms with Crippen LogP contribution in [0.1, 0.15) is 12.8 Å². The van der Waals surface area contributed by atoms with E-state index in [0.29, 0.717) is 25.4 Å². The van der Waals surface area contributed by atoms with Gasteiger partial charge in [0.15, 0.2) is 0 Å². The molecule has 2 aliphatic heterocycles. The monoisotopic (exact) mass is 346 g/mol. The van der Waals surface area contributed by atoms with Crippen LogP contribution in [0.25, 0.3) is 0 Å². The number of carbonyl (C=O) groups is 1. The minimum Gasteiger partial charge on any atom is -0.433 e. The Balaban J connectivity index is 1.61. The molecule has 1 N–H and O–H groups in total. The van der Waals surface area contributed by atoms with E-state index in [1.165, 1.54) is 18.2 Å². The summed E-state index contributed by atoms with van der Waals surface area (Å²) in [6.07, 6.45) is 1.91. The molecule has 126 valence electrons. The highest BCUT2D eigenvalue weighted by molar-refractivity contribution is 6.32. The predicted molar refractivity (Wildman–Crippen MR) is 81.2 cm³/mol. The van der Waals surface area contributed by atoms with Crippen molar-refractivity contribution in [1.29, 1.82) is 0 Å². The smallest absolute Gasteiger partial charge is 0.387 e. The zero-order valence-corrected chi connectivity index (χ0v) is 13.1. The van der Waals surface area contributed by atoms with Crippen LogP contribution in [0.3, 0.4) is 0 Å². The van der Waals surface area contributed by atoms with Crippen molar-refractivity contribution in [1.82, 2.24) is 4.90 Å². The lowest BCUT2D eigenvalue weighted by molar-refractivity contribution is -0.0497. The Hall–Kier alpha value is -1.60. The number of benzene rings is 1. The van der Waals surface area contributed by atoms with Crippen molar-refractivity contribution >= 4 is 23.3 Å². The first-order chi connectivity index (χ1) is 11.0. The number of alkyl halides is 2. The Morgan fingerprint density at radius 1 is 1.43 bits per heavy atom. The van der Waals surface area contributed by atoms with Crippen LogP contribution in [0.5, 0.6) is 5.75 Å². The van der Waals surface area contributed by atoms with Crippen LogP contribution < -0.4 is 10.1 Å². The van der Waals surface area contributed by atoms with Crippen molar-refractivity contribution in [3.05, 3.63) is 23.2 Å². The minimum atomic E-state index is -2.94. The molecule has 2 heterocycles. The van der Waals surface area contributed by atoms with Crippen LogP contribution in [0.2, 0.25) is 5.02 Å². The fraction of sp³-hybridized carbons (Fsp3) is 0.533. The summed E-state index contributed by atoms with van der Waals surface area (Å²) in [6, 6.07) is 3.95. The van der Waals surface area contributed by atoms with E-state index < -0.39 is 6.61 Å². The van der Waals surface area contributed by atoms with E-state index in [2.05, 4.69) is 10.1 Å². The number of amides is 2. The second kappa shape index (κ2) is 6.49. The maximum Gasteiger partial charge on any atom is 0.387 e. The molecule has 2 saturated heterocycles. The summed E-state index contributed by atoms with van der Waals surface area (Å²) in [7, 11) is 0. The summed E-state index contributed by atoms with van der Waals surface area (Å²) in [6.45, 7) is -0.157. The summed E-state index contributed by atoms with van der Waals surface area (Å²) in [4.78, 5) is 14.1. The molecule has 0 aromatic heterocycles. The van der Waals surface area contributed by atoms with E-state index in [-0.39, 0.29) is 22.2 Å². The molecule has 2 aliphatic rings. The third-order valence-electron chi connectivity index (χ3n) is 4.31. The van der Waals surface area contributed by atoms with Crippen LogP contribution in [0, 0.1) is 5.41 Å². The maximum absolute atomic E-state index is 12.3. The number of urea groups is 1. The van der Waals surface area contributed by atoms with Gasteiger partial charge in [-0.25, -0.2) is 4.79 Å². The number of carbonyl (C=O) groups excluding carboxylic acids is 1. The summed E-state index contributed by atoms with van der Waals surface area (Å²) < 4.78 is 34.1. The number of nitrogens with zero attached hydrogens (tertiary/aromatic N) is 1. The van der Waals surface area contributed by atoms with Crippen LogP contribution in [-0.4, -0.2) is 43.8 Å². The Labute approximate surface area is 137 Å². The molecule has 3 rings (SSSR count). The van der Waals surface area contributed by atoms with Gasteiger partial charge in [-0.2, -0.15) is 8.78 Å². The molecule has 8 heteroatoms. The molecular formula is C15H17ClF2N2O3. The normalized spacial score (nSPS) is 23.7. The average molecular weight is 347 g/mol. The number of anilines is 1. The van der Waals surface area contributed by atoms with Gasteiger partial charge in [0.05, 0.1) is 11.6 Å². The number of hydrogen-bond acceptors (Lipinski definition) is 3. The Bertz CT molecular complexity index is 594. The molecule has 0 bridgehead atoms. The molecule has 1 aromatic rings. The molecule has 2 fully saturated rings. The number of likely N-dealkylation sites (tertiary alicyclic amines) is 1. The van der Waals surface area contributed by atoms with Crippen LogP contribution in [0.4, 0.5) is 19.3 Å². The van der Waals surface area contributed by atoms with Gasteiger partial charge in [-0.1, -0.05) is 11.6 Å². The second-order valence-electron chi connectivity index (χ2n) is 5.93. The van der Waals surface area contributed by atoms with Crippen molar-refractivity contribution < 1.29 is 23.0 Å². The van der Waals surface area contributed by atoms with Crippen LogP contribution in [0.15, 0.2) is 18.2 Å². The van der Waals surface area contributed by atoms with Crippen molar-refractivity contribution in [3.8, 4) is 5.75 Å². The van der Waals surface area contributed by atoms with Crippen molar-refractivity contribution in [3.63, 3.8) is 0 Å². The van der Waals surface area contributed by atoms with Gasteiger partial charge in [-0.15, -0.1) is 0 Å². The molecule has 0 saturated carbocycles. The first-order valence-corrected chi connectivity index (χ1v) is 7.73. The third kappa shape index (κ3) is 3.67. The van der Waals surface area contributed by atoms with Gasteiger partial charge in [0.1, 0.15) is 5.75 Å². The van der Waals surface area contributed by atoms with Crippen LogP contribution in [-0.2, 0) is 4.74 Å². The average Bonchev–Trinajstić information content (AvgIpc) is 3.12. The third-order valence-corrected chi connectivity index (χ3v) is 4.61. The highest BCUT2D eigenvalue weighted by atomic mass is 35.5. The quantitative estimate of drug-likeness (QED) is 0.910. The summed E-state index contributed by atoms with van der Waals surface area (Å²) >= 11 is 5.88. The number of halogens is 3. The van der Waals surface area contributed by atoms with E-state index in [1.807, 2.05) is 0 Å². The Morgan fingerprint density at radius 2 is 2.26 bits per heavy atom. The molecule has 0 unspecified atom stereocenters. The van der Waals surface area contributed by atoms with Gasteiger partial charge >= 0.3 is 12.6 Å². The molecule has 23 heavy (non-hydrogen) atoms. The maximum atomic E-state index is 12.3. The number of ether oxygens (including phenoxy) is 2. The number of hydrogen-bond donors (Lipinski definition) is 1. The molecule has 5 nitrogen and oxygen atoms in total. The predicted octanol–water partition coefficient (Wildman–Crippen LogP) is 3.59. The van der Waals surface area contributed by atoms with Crippen molar-refractivity contribution in [2.24, 2.45) is 5.41 Å². The fourth-order valence-electron chi connectivity index (χ4n) is 3.05. The van der Waals surface area contributed by atoms with E-state index in [4.69, 9.17) is 16.3 Å². The zero-order chi connectivity index (χ0) is 16.4. The Morgan fingerprint density at radius 3 is 2.91 bits per heavy atom. The standard InChI is InChI=1S/C15H17ClF2N2O3/c16-11-7-10(1-2-12(11)23-13(17)18)19-14(21)20-5-3-15(8-20)4-6-22-9-15/h1-2,7,13H,3-6,8-9H2,(H,19,21)/t15-/m0/s1. The fourth-order valence-corrected chi connectivity index (χ4v) is 3.28. The summed E-state index contributed by atoms with van der Waals surface area (Å²) in [5.41, 5.74) is 0.523. The van der Waals surface area contributed by atoms with Crippen molar-refractivity contribution in [2.45, 2.75) is 19.5 Å². The first-order valence-electron chi connectivity index (χ1n) is 7.36. The van der Waals surface area contributed by atoms with Gasteiger partial charge in [-0.05, 0) is 31.0 Å². The van der Waals surface area contributed by atoms with Gasteiger partial charge in [0, 0.05) is 30.8 Å². The van der Waals surface area contributed by atoms with Gasteiger partial charge in [0.2, 0.25) is 0 Å². The largest absolute Gasteiger partial charge is 0.433 e. The lowest BCUT2D eigenvalue weighted by atomic mass is 9.87.